The Morgan fingerprint density at radius 2 is 1.39 bits per heavy atom. The average Bonchev–Trinajstić information content (AvgIpc) is 3.12. The van der Waals surface area contributed by atoms with Crippen LogP contribution >= 0.6 is 0 Å². The molecule has 0 spiro atoms. The van der Waals surface area contributed by atoms with Crippen molar-refractivity contribution < 1.29 is 12.8 Å². The van der Waals surface area contributed by atoms with Crippen molar-refractivity contribution in [3.8, 4) is 0 Å². The van der Waals surface area contributed by atoms with Crippen LogP contribution in [-0.2, 0) is 10.0 Å². The van der Waals surface area contributed by atoms with Gasteiger partial charge in [0.05, 0.1) is 4.90 Å². The second-order valence-corrected chi connectivity index (χ2v) is 8.92. The van der Waals surface area contributed by atoms with Gasteiger partial charge in [-0.2, -0.15) is 4.31 Å². The standard InChI is InChI=1S/C22H20N2O3S/c25-28(26,24-14-12-23(13-15-24)17-6-2-1-3-7-17)18-10-11-22-20(16-18)19-8-4-5-9-21(19)27-22/h1-11,16H,12-15H2. The Bertz CT molecular complexity index is 1240. The minimum absolute atomic E-state index is 0.319. The van der Waals surface area contributed by atoms with Crippen molar-refractivity contribution in [2.75, 3.05) is 31.1 Å². The minimum atomic E-state index is -3.54. The van der Waals surface area contributed by atoms with Gasteiger partial charge >= 0.3 is 0 Å². The summed E-state index contributed by atoms with van der Waals surface area (Å²) in [5, 5.41) is 1.77. The summed E-state index contributed by atoms with van der Waals surface area (Å²) in [6, 6.07) is 22.9. The van der Waals surface area contributed by atoms with E-state index in [4.69, 9.17) is 4.42 Å². The summed E-state index contributed by atoms with van der Waals surface area (Å²) < 4.78 is 33.8. The number of hydrogen-bond acceptors (Lipinski definition) is 4. The van der Waals surface area contributed by atoms with Gasteiger partial charge in [-0.05, 0) is 36.4 Å². The van der Waals surface area contributed by atoms with Gasteiger partial charge in [0, 0.05) is 42.6 Å². The number of fused-ring (bicyclic) bond motifs is 3. The Hall–Kier alpha value is -2.83. The second kappa shape index (κ2) is 6.65. The predicted molar refractivity (Wildman–Crippen MR) is 111 cm³/mol. The summed E-state index contributed by atoms with van der Waals surface area (Å²) >= 11 is 0. The average molecular weight is 392 g/mol. The van der Waals surface area contributed by atoms with Crippen LogP contribution in [0.2, 0.25) is 0 Å². The highest BCUT2D eigenvalue weighted by molar-refractivity contribution is 7.89. The lowest BCUT2D eigenvalue weighted by Gasteiger charge is -2.35. The number of benzene rings is 3. The Morgan fingerprint density at radius 1 is 0.714 bits per heavy atom. The van der Waals surface area contributed by atoms with E-state index in [1.165, 1.54) is 0 Å². The molecular formula is C22H20N2O3S. The van der Waals surface area contributed by atoms with Crippen LogP contribution in [0.5, 0.6) is 0 Å². The van der Waals surface area contributed by atoms with Gasteiger partial charge in [-0.1, -0.05) is 36.4 Å². The molecule has 6 heteroatoms. The number of para-hydroxylation sites is 2. The van der Waals surface area contributed by atoms with E-state index >= 15 is 0 Å². The highest BCUT2D eigenvalue weighted by atomic mass is 32.2. The molecule has 0 saturated carbocycles. The molecule has 5 nitrogen and oxygen atoms in total. The third-order valence-electron chi connectivity index (χ3n) is 5.35. The lowest BCUT2D eigenvalue weighted by atomic mass is 10.1. The molecule has 1 saturated heterocycles. The smallest absolute Gasteiger partial charge is 0.243 e. The SMILES string of the molecule is O=S(=O)(c1ccc2oc3ccccc3c2c1)N1CCN(c2ccccc2)CC1. The molecule has 0 radical (unpaired) electrons. The lowest BCUT2D eigenvalue weighted by molar-refractivity contribution is 0.385. The second-order valence-electron chi connectivity index (χ2n) is 6.98. The molecule has 0 aliphatic carbocycles. The molecule has 3 aromatic carbocycles. The van der Waals surface area contributed by atoms with E-state index in [1.54, 1.807) is 22.5 Å². The van der Waals surface area contributed by atoms with Crippen LogP contribution in [0.4, 0.5) is 5.69 Å². The maximum Gasteiger partial charge on any atom is 0.243 e. The van der Waals surface area contributed by atoms with Crippen LogP contribution in [0.25, 0.3) is 21.9 Å². The van der Waals surface area contributed by atoms with Crippen molar-refractivity contribution in [3.63, 3.8) is 0 Å². The van der Waals surface area contributed by atoms with Crippen molar-refractivity contribution in [2.24, 2.45) is 0 Å². The van der Waals surface area contributed by atoms with Gasteiger partial charge in [0.1, 0.15) is 11.2 Å². The van der Waals surface area contributed by atoms with Crippen molar-refractivity contribution in [3.05, 3.63) is 72.8 Å². The van der Waals surface area contributed by atoms with Gasteiger partial charge in [0.15, 0.2) is 0 Å². The molecule has 1 fully saturated rings. The summed E-state index contributed by atoms with van der Waals surface area (Å²) in [6.07, 6.45) is 0. The molecule has 0 bridgehead atoms. The fraction of sp³-hybridized carbons (Fsp3) is 0.182. The Labute approximate surface area is 163 Å². The molecule has 28 heavy (non-hydrogen) atoms. The highest BCUT2D eigenvalue weighted by Crippen LogP contribution is 2.31. The zero-order valence-corrected chi connectivity index (χ0v) is 16.1. The van der Waals surface area contributed by atoms with E-state index in [9.17, 15) is 8.42 Å². The summed E-state index contributed by atoms with van der Waals surface area (Å²) in [4.78, 5) is 2.54. The van der Waals surface area contributed by atoms with Crippen molar-refractivity contribution in [2.45, 2.75) is 4.90 Å². The van der Waals surface area contributed by atoms with E-state index in [1.807, 2.05) is 42.5 Å². The number of rotatable bonds is 3. The van der Waals surface area contributed by atoms with E-state index in [0.717, 1.165) is 22.0 Å². The third-order valence-corrected chi connectivity index (χ3v) is 7.24. The third kappa shape index (κ3) is 2.85. The zero-order chi connectivity index (χ0) is 19.1. The van der Waals surface area contributed by atoms with Gasteiger partial charge < -0.3 is 9.32 Å². The van der Waals surface area contributed by atoms with E-state index in [2.05, 4.69) is 17.0 Å². The molecule has 1 aromatic heterocycles. The first-order valence-corrected chi connectivity index (χ1v) is 10.8. The molecule has 1 aliphatic rings. The Morgan fingerprint density at radius 3 is 2.18 bits per heavy atom. The van der Waals surface area contributed by atoms with E-state index in [0.29, 0.717) is 36.7 Å². The predicted octanol–water partition coefficient (Wildman–Crippen LogP) is 4.10. The highest BCUT2D eigenvalue weighted by Gasteiger charge is 2.29. The molecule has 2 heterocycles. The minimum Gasteiger partial charge on any atom is -0.456 e. The number of anilines is 1. The van der Waals surface area contributed by atoms with Crippen LogP contribution in [-0.4, -0.2) is 38.9 Å². The lowest BCUT2D eigenvalue weighted by Crippen LogP contribution is -2.48. The number of furan rings is 1. The Balaban J connectivity index is 1.43. The summed E-state index contributed by atoms with van der Waals surface area (Å²) in [5.74, 6) is 0. The maximum atomic E-state index is 13.2. The monoisotopic (exact) mass is 392 g/mol. The van der Waals surface area contributed by atoms with E-state index < -0.39 is 10.0 Å². The first-order chi connectivity index (χ1) is 13.6. The molecule has 0 unspecified atom stereocenters. The van der Waals surface area contributed by atoms with Gasteiger partial charge in [-0.3, -0.25) is 0 Å². The molecule has 5 rings (SSSR count). The summed E-state index contributed by atoms with van der Waals surface area (Å²) in [5.41, 5.74) is 2.60. The fourth-order valence-electron chi connectivity index (χ4n) is 3.84. The van der Waals surface area contributed by atoms with Gasteiger partial charge in [-0.15, -0.1) is 0 Å². The maximum absolute atomic E-state index is 13.2. The van der Waals surface area contributed by atoms with Gasteiger partial charge in [0.2, 0.25) is 10.0 Å². The van der Waals surface area contributed by atoms with Gasteiger partial charge in [-0.25, -0.2) is 8.42 Å². The zero-order valence-electron chi connectivity index (χ0n) is 15.3. The summed E-state index contributed by atoms with van der Waals surface area (Å²) in [7, 11) is -3.54. The van der Waals surface area contributed by atoms with Crippen LogP contribution in [0, 0.1) is 0 Å². The summed E-state index contributed by atoms with van der Waals surface area (Å²) in [6.45, 7) is 2.31. The molecule has 4 aromatic rings. The number of nitrogens with zero attached hydrogens (tertiary/aromatic N) is 2. The molecular weight excluding hydrogens is 372 g/mol. The molecule has 0 atom stereocenters. The topological polar surface area (TPSA) is 53.8 Å². The van der Waals surface area contributed by atoms with Crippen molar-refractivity contribution in [1.82, 2.24) is 4.31 Å². The van der Waals surface area contributed by atoms with Crippen LogP contribution in [0.15, 0.2) is 82.1 Å². The van der Waals surface area contributed by atoms with Crippen LogP contribution < -0.4 is 4.90 Å². The van der Waals surface area contributed by atoms with Crippen LogP contribution in [0.1, 0.15) is 0 Å². The number of piperazine rings is 1. The first kappa shape index (κ1) is 17.3. The Kier molecular flexibility index (Phi) is 4.10. The van der Waals surface area contributed by atoms with Crippen molar-refractivity contribution >= 4 is 37.6 Å². The molecule has 142 valence electrons. The normalized spacial score (nSPS) is 16.1. The molecule has 1 aliphatic heterocycles. The largest absolute Gasteiger partial charge is 0.456 e. The quantitative estimate of drug-likeness (QED) is 0.527. The van der Waals surface area contributed by atoms with Gasteiger partial charge in [0.25, 0.3) is 0 Å². The number of sulfonamides is 1. The first-order valence-electron chi connectivity index (χ1n) is 9.34. The van der Waals surface area contributed by atoms with Crippen LogP contribution in [0.3, 0.4) is 0 Å². The molecule has 0 amide bonds. The van der Waals surface area contributed by atoms with Crippen molar-refractivity contribution in [1.29, 1.82) is 0 Å². The van der Waals surface area contributed by atoms with E-state index in [-0.39, 0.29) is 0 Å². The fourth-order valence-corrected chi connectivity index (χ4v) is 5.29. The number of hydrogen-bond donors (Lipinski definition) is 0. The molecule has 0 N–H and O–H groups in total.